The quantitative estimate of drug-likeness (QED) is 0.111. The van der Waals surface area contributed by atoms with Gasteiger partial charge in [0, 0.05) is 44.7 Å². The van der Waals surface area contributed by atoms with Gasteiger partial charge >= 0.3 is 0 Å². The van der Waals surface area contributed by atoms with Crippen molar-refractivity contribution in [3.8, 4) is 22.3 Å². The van der Waals surface area contributed by atoms with Gasteiger partial charge in [0.25, 0.3) is 0 Å². The van der Waals surface area contributed by atoms with Gasteiger partial charge in [-0.3, -0.25) is 0 Å². The lowest BCUT2D eigenvalue weighted by Crippen LogP contribution is -2.16. The van der Waals surface area contributed by atoms with Crippen LogP contribution in [0, 0.1) is 0 Å². The van der Waals surface area contributed by atoms with Gasteiger partial charge in [-0.1, -0.05) is 192 Å². The first kappa shape index (κ1) is 39.6. The van der Waals surface area contributed by atoms with E-state index in [2.05, 4.69) is 268 Å². The molecule has 0 spiro atoms. The second-order valence-corrected chi connectivity index (χ2v) is 19.0. The zero-order chi connectivity index (χ0) is 44.6. The second-order valence-electron chi connectivity index (χ2n) is 19.0. The van der Waals surface area contributed by atoms with Crippen LogP contribution in [0.4, 0.5) is 34.1 Å². The summed E-state index contributed by atoms with van der Waals surface area (Å²) >= 11 is 0. The average Bonchev–Trinajstić information content (AvgIpc) is 3.73. The maximum absolute atomic E-state index is 2.46. The maximum atomic E-state index is 2.46. The van der Waals surface area contributed by atoms with Crippen LogP contribution in [0.3, 0.4) is 0 Å². The molecule has 2 aliphatic rings. The largest absolute Gasteiger partial charge is 0.310 e. The van der Waals surface area contributed by atoms with E-state index in [1.54, 1.807) is 0 Å². The van der Waals surface area contributed by atoms with Gasteiger partial charge in [-0.2, -0.15) is 0 Å². The number of hydrogen-bond donors (Lipinski definition) is 0. The molecular weight excluding hydrogens is 797 g/mol. The van der Waals surface area contributed by atoms with Crippen LogP contribution in [0.1, 0.15) is 61.1 Å². The molecule has 10 aromatic rings. The van der Waals surface area contributed by atoms with Gasteiger partial charge in [0.15, 0.2) is 0 Å². The molecule has 66 heavy (non-hydrogen) atoms. The number of benzene rings is 10. The Morgan fingerprint density at radius 1 is 0.303 bits per heavy atom. The smallest absolute Gasteiger partial charge is 0.0546 e. The van der Waals surface area contributed by atoms with Gasteiger partial charge in [-0.15, -0.1) is 0 Å². The van der Waals surface area contributed by atoms with E-state index in [0.29, 0.717) is 0 Å². The summed E-state index contributed by atoms with van der Waals surface area (Å²) in [5, 5.41) is 4.98. The Labute approximate surface area is 388 Å². The molecule has 2 aliphatic carbocycles. The number of rotatable bonds is 8. The van der Waals surface area contributed by atoms with Crippen molar-refractivity contribution < 1.29 is 0 Å². The van der Waals surface area contributed by atoms with Crippen molar-refractivity contribution in [3.05, 3.63) is 252 Å². The third-order valence-electron chi connectivity index (χ3n) is 14.4. The number of fused-ring (bicyclic) bond motifs is 9. The lowest BCUT2D eigenvalue weighted by molar-refractivity contribution is 0.660. The first-order chi connectivity index (χ1) is 32.2. The normalized spacial score (nSPS) is 13.9. The van der Waals surface area contributed by atoms with Crippen molar-refractivity contribution in [2.45, 2.75) is 38.5 Å². The van der Waals surface area contributed by atoms with E-state index >= 15 is 0 Å². The fraction of sp³-hybridized carbons (Fsp3) is 0.0938. The van der Waals surface area contributed by atoms with Crippen LogP contribution in [0.15, 0.2) is 218 Å². The van der Waals surface area contributed by atoms with Gasteiger partial charge < -0.3 is 9.80 Å². The van der Waals surface area contributed by atoms with E-state index < -0.39 is 0 Å². The topological polar surface area (TPSA) is 6.48 Å². The third kappa shape index (κ3) is 6.39. The van der Waals surface area contributed by atoms with Gasteiger partial charge in [0.1, 0.15) is 0 Å². The lowest BCUT2D eigenvalue weighted by atomic mass is 9.81. The standard InChI is InChI=1S/C64H50N2/c1-63(2)58-26-16-15-24-53(58)55-38-35-50(42-60(55)63)66(62-40-45-17-11-12-22-51(45)52-23-13-14-25-57(52)62)48-32-29-43(30-33-48)27-28-44-31-36-54-56-37-34-49(41-61(56)64(3,4)59(54)39-44)65(46-18-7-5-8-19-46)47-20-9-6-10-21-47/h5-42H,1-4H3/b28-27+. The Balaban J connectivity index is 0.889. The number of para-hydroxylation sites is 2. The van der Waals surface area contributed by atoms with Crippen molar-refractivity contribution in [1.29, 1.82) is 0 Å². The molecule has 10 aromatic carbocycles. The zero-order valence-electron chi connectivity index (χ0n) is 37.8. The number of anilines is 6. The molecule has 0 saturated heterocycles. The molecule has 0 bridgehead atoms. The fourth-order valence-electron chi connectivity index (χ4n) is 11.0. The van der Waals surface area contributed by atoms with E-state index in [4.69, 9.17) is 0 Å². The highest BCUT2D eigenvalue weighted by Gasteiger charge is 2.37. The fourth-order valence-corrected chi connectivity index (χ4v) is 11.0. The highest BCUT2D eigenvalue weighted by atomic mass is 15.1. The summed E-state index contributed by atoms with van der Waals surface area (Å²) in [4.78, 5) is 4.82. The van der Waals surface area contributed by atoms with Gasteiger partial charge in [-0.25, -0.2) is 0 Å². The van der Waals surface area contributed by atoms with Gasteiger partial charge in [0.2, 0.25) is 0 Å². The molecule has 0 heterocycles. The van der Waals surface area contributed by atoms with Crippen molar-refractivity contribution in [3.63, 3.8) is 0 Å². The summed E-state index contributed by atoms with van der Waals surface area (Å²) in [5.41, 5.74) is 19.7. The molecule has 2 heteroatoms. The summed E-state index contributed by atoms with van der Waals surface area (Å²) in [5.74, 6) is 0. The van der Waals surface area contributed by atoms with E-state index in [-0.39, 0.29) is 10.8 Å². The van der Waals surface area contributed by atoms with Crippen LogP contribution in [-0.4, -0.2) is 0 Å². The van der Waals surface area contributed by atoms with Crippen molar-refractivity contribution in [2.75, 3.05) is 9.80 Å². The molecule has 0 N–H and O–H groups in total. The first-order valence-electron chi connectivity index (χ1n) is 23.2. The van der Waals surface area contributed by atoms with E-state index in [0.717, 1.165) is 34.0 Å². The minimum Gasteiger partial charge on any atom is -0.310 e. The minimum absolute atomic E-state index is 0.113. The zero-order valence-corrected chi connectivity index (χ0v) is 37.8. The van der Waals surface area contributed by atoms with E-state index in [1.807, 2.05) is 0 Å². The molecule has 316 valence electrons. The Hall–Kier alpha value is -7.94. The molecule has 2 nitrogen and oxygen atoms in total. The van der Waals surface area contributed by atoms with Crippen molar-refractivity contribution >= 4 is 67.8 Å². The van der Waals surface area contributed by atoms with E-state index in [9.17, 15) is 0 Å². The van der Waals surface area contributed by atoms with Crippen LogP contribution < -0.4 is 9.80 Å². The number of nitrogens with zero attached hydrogens (tertiary/aromatic N) is 2. The van der Waals surface area contributed by atoms with Crippen molar-refractivity contribution in [2.24, 2.45) is 0 Å². The molecule has 0 unspecified atom stereocenters. The lowest BCUT2D eigenvalue weighted by Gasteiger charge is -2.29. The Bertz CT molecular complexity index is 3480. The van der Waals surface area contributed by atoms with Crippen LogP contribution in [-0.2, 0) is 10.8 Å². The summed E-state index contributed by atoms with van der Waals surface area (Å²) in [6, 6.07) is 80.4. The molecule has 0 aromatic heterocycles. The van der Waals surface area contributed by atoms with Crippen molar-refractivity contribution in [1.82, 2.24) is 0 Å². The molecule has 0 atom stereocenters. The highest BCUT2D eigenvalue weighted by molar-refractivity contribution is 6.14. The second kappa shape index (κ2) is 15.4. The Kier molecular flexibility index (Phi) is 9.22. The molecular formula is C64H50N2. The van der Waals surface area contributed by atoms with Gasteiger partial charge in [-0.05, 0) is 139 Å². The van der Waals surface area contributed by atoms with Crippen LogP contribution in [0.5, 0.6) is 0 Å². The van der Waals surface area contributed by atoms with E-state index in [1.165, 1.54) is 77.3 Å². The van der Waals surface area contributed by atoms with Crippen LogP contribution in [0.25, 0.3) is 56.0 Å². The number of hydrogen-bond acceptors (Lipinski definition) is 2. The SMILES string of the molecule is CC1(C)c2cc(/C=C/c3ccc(N(c4ccc5c(c4)C(C)(C)c4ccccc4-5)c4cc5ccccc5c5ccccc45)cc3)ccc2-c2ccc(N(c3ccccc3)c3ccccc3)cc21. The predicted octanol–water partition coefficient (Wildman–Crippen LogP) is 17.7. The summed E-state index contributed by atoms with van der Waals surface area (Å²) in [6.45, 7) is 9.46. The van der Waals surface area contributed by atoms with Crippen LogP contribution >= 0.6 is 0 Å². The average molecular weight is 847 g/mol. The molecule has 12 rings (SSSR count). The molecule has 0 radical (unpaired) electrons. The molecule has 0 saturated carbocycles. The first-order valence-corrected chi connectivity index (χ1v) is 23.2. The highest BCUT2D eigenvalue weighted by Crippen LogP contribution is 2.53. The van der Waals surface area contributed by atoms with Gasteiger partial charge in [0.05, 0.1) is 5.69 Å². The maximum Gasteiger partial charge on any atom is 0.0546 e. The summed E-state index contributed by atoms with van der Waals surface area (Å²) in [7, 11) is 0. The minimum atomic E-state index is -0.169. The molecule has 0 fully saturated rings. The Morgan fingerprint density at radius 3 is 1.41 bits per heavy atom. The Morgan fingerprint density at radius 2 is 0.742 bits per heavy atom. The monoisotopic (exact) mass is 846 g/mol. The van der Waals surface area contributed by atoms with Crippen LogP contribution in [0.2, 0.25) is 0 Å². The summed E-state index contributed by atoms with van der Waals surface area (Å²) in [6.07, 6.45) is 4.52. The third-order valence-corrected chi connectivity index (χ3v) is 14.4. The predicted molar refractivity (Wildman–Crippen MR) is 281 cm³/mol. The molecule has 0 amide bonds. The molecule has 0 aliphatic heterocycles. The summed E-state index contributed by atoms with van der Waals surface area (Å²) < 4.78 is 0.